The monoisotopic (exact) mass is 328 g/mol. The van der Waals surface area contributed by atoms with Crippen LogP contribution in [0.25, 0.3) is 0 Å². The number of benzene rings is 1. The summed E-state index contributed by atoms with van der Waals surface area (Å²) >= 11 is 0. The molecule has 22 heavy (non-hydrogen) atoms. The number of hydrogen-bond acceptors (Lipinski definition) is 6. The Morgan fingerprint density at radius 3 is 2.59 bits per heavy atom. The second kappa shape index (κ2) is 5.82. The van der Waals surface area contributed by atoms with Crippen molar-refractivity contribution in [1.29, 1.82) is 0 Å². The number of hydrogen-bond donors (Lipinski definition) is 3. The normalized spacial score (nSPS) is 17.8. The molecule has 1 aromatic rings. The van der Waals surface area contributed by atoms with E-state index in [2.05, 4.69) is 10.0 Å². The van der Waals surface area contributed by atoms with E-state index in [1.807, 2.05) is 6.92 Å². The van der Waals surface area contributed by atoms with Crippen molar-refractivity contribution >= 4 is 21.4 Å². The highest BCUT2D eigenvalue weighted by Crippen LogP contribution is 2.38. The average molecular weight is 328 g/mol. The summed E-state index contributed by atoms with van der Waals surface area (Å²) in [6.45, 7) is 2.29. The van der Waals surface area contributed by atoms with E-state index in [-0.39, 0.29) is 16.3 Å². The minimum atomic E-state index is -3.72. The number of nitro groups is 1. The van der Waals surface area contributed by atoms with Gasteiger partial charge in [-0.15, -0.1) is 0 Å². The Bertz CT molecular complexity index is 683. The van der Waals surface area contributed by atoms with E-state index in [9.17, 15) is 18.5 Å². The molecule has 0 unspecified atom stereocenters. The number of nitrogens with zero attached hydrogens (tertiary/aromatic N) is 1. The van der Waals surface area contributed by atoms with Gasteiger partial charge in [0.1, 0.15) is 5.69 Å². The van der Waals surface area contributed by atoms with Crippen molar-refractivity contribution in [3.8, 4) is 0 Å². The van der Waals surface area contributed by atoms with Crippen molar-refractivity contribution in [1.82, 2.24) is 4.72 Å². The Balaban J connectivity index is 2.26. The lowest BCUT2D eigenvalue weighted by Gasteiger charge is -2.25. The molecule has 1 aliphatic rings. The third kappa shape index (κ3) is 3.54. The van der Waals surface area contributed by atoms with Gasteiger partial charge in [-0.1, -0.05) is 0 Å². The van der Waals surface area contributed by atoms with Crippen molar-refractivity contribution in [3.63, 3.8) is 0 Å². The summed E-state index contributed by atoms with van der Waals surface area (Å²) < 4.78 is 25.6. The van der Waals surface area contributed by atoms with Gasteiger partial charge in [-0.25, -0.2) is 13.1 Å². The molecule has 8 nitrogen and oxygen atoms in total. The molecule has 1 saturated carbocycles. The van der Waals surface area contributed by atoms with Gasteiger partial charge in [0, 0.05) is 18.2 Å². The van der Waals surface area contributed by atoms with E-state index in [0.717, 1.165) is 18.9 Å². The molecule has 1 fully saturated rings. The lowest BCUT2D eigenvalue weighted by molar-refractivity contribution is -0.384. The average Bonchev–Trinajstić information content (AvgIpc) is 3.30. The molecule has 0 radical (unpaired) electrons. The Kier molecular flexibility index (Phi) is 4.41. The van der Waals surface area contributed by atoms with Crippen LogP contribution in [-0.2, 0) is 10.0 Å². The van der Waals surface area contributed by atoms with Crippen LogP contribution in [0.5, 0.6) is 0 Å². The number of nitrogens with two attached hydrogens (primary N) is 1. The molecular formula is C13H20N4O4S. The number of sulfonamides is 1. The van der Waals surface area contributed by atoms with Gasteiger partial charge in [-0.05, 0) is 44.9 Å². The molecule has 1 aliphatic carbocycles. The van der Waals surface area contributed by atoms with Gasteiger partial charge in [0.15, 0.2) is 0 Å². The second-order valence-corrected chi connectivity index (χ2v) is 7.66. The summed E-state index contributed by atoms with van der Waals surface area (Å²) in [5, 5.41) is 14.2. The first-order chi connectivity index (χ1) is 10.2. The van der Waals surface area contributed by atoms with Crippen LogP contribution in [0.2, 0.25) is 0 Å². The van der Waals surface area contributed by atoms with Gasteiger partial charge in [0.25, 0.3) is 5.69 Å². The largest absolute Gasteiger partial charge is 0.378 e. The first kappa shape index (κ1) is 16.7. The van der Waals surface area contributed by atoms with Crippen LogP contribution in [0.3, 0.4) is 0 Å². The molecule has 0 amide bonds. The highest BCUT2D eigenvalue weighted by molar-refractivity contribution is 7.89. The molecule has 0 spiro atoms. The Hall–Kier alpha value is -1.71. The Labute approximate surface area is 129 Å². The van der Waals surface area contributed by atoms with E-state index in [0.29, 0.717) is 12.5 Å². The highest BCUT2D eigenvalue weighted by Gasteiger charge is 2.38. The van der Waals surface area contributed by atoms with Crippen LogP contribution in [0.15, 0.2) is 23.1 Å². The Morgan fingerprint density at radius 1 is 1.45 bits per heavy atom. The summed E-state index contributed by atoms with van der Waals surface area (Å²) in [7, 11) is -2.47. The lowest BCUT2D eigenvalue weighted by atomic mass is 9.97. The zero-order chi connectivity index (χ0) is 16.5. The third-order valence-electron chi connectivity index (χ3n) is 3.91. The lowest BCUT2D eigenvalue weighted by Crippen LogP contribution is -2.45. The third-order valence-corrected chi connectivity index (χ3v) is 5.33. The van der Waals surface area contributed by atoms with E-state index in [1.54, 1.807) is 0 Å². The summed E-state index contributed by atoms with van der Waals surface area (Å²) in [4.78, 5) is 10.4. The second-order valence-electron chi connectivity index (χ2n) is 5.78. The quantitative estimate of drug-likeness (QED) is 0.507. The van der Waals surface area contributed by atoms with Crippen LogP contribution in [0.1, 0.15) is 19.8 Å². The SMILES string of the molecule is CNS(=O)(=O)c1ccc(NC[C@@](C)(N)C2CC2)c([N+](=O)[O-])c1. The van der Waals surface area contributed by atoms with E-state index >= 15 is 0 Å². The molecule has 9 heteroatoms. The Morgan fingerprint density at radius 2 is 2.09 bits per heavy atom. The maximum atomic E-state index is 11.7. The van der Waals surface area contributed by atoms with Gasteiger partial charge >= 0.3 is 0 Å². The first-order valence-corrected chi connectivity index (χ1v) is 8.40. The number of anilines is 1. The fourth-order valence-corrected chi connectivity index (χ4v) is 3.02. The molecule has 0 aliphatic heterocycles. The number of nitrogens with one attached hydrogen (secondary N) is 2. The van der Waals surface area contributed by atoms with Crippen LogP contribution in [-0.4, -0.2) is 32.5 Å². The summed E-state index contributed by atoms with van der Waals surface area (Å²) in [5.74, 6) is 0.419. The summed E-state index contributed by atoms with van der Waals surface area (Å²) in [6.07, 6.45) is 2.13. The molecule has 2 rings (SSSR count). The topological polar surface area (TPSA) is 127 Å². The molecule has 0 aromatic heterocycles. The fourth-order valence-electron chi connectivity index (χ4n) is 2.27. The molecular weight excluding hydrogens is 308 g/mol. The van der Waals surface area contributed by atoms with Crippen molar-refractivity contribution in [2.45, 2.75) is 30.2 Å². The number of nitro benzene ring substituents is 1. The molecule has 0 heterocycles. The maximum absolute atomic E-state index is 11.7. The van der Waals surface area contributed by atoms with Crippen molar-refractivity contribution in [3.05, 3.63) is 28.3 Å². The van der Waals surface area contributed by atoms with Crippen molar-refractivity contribution < 1.29 is 13.3 Å². The molecule has 122 valence electrons. The highest BCUT2D eigenvalue weighted by atomic mass is 32.2. The smallest absolute Gasteiger partial charge is 0.293 e. The zero-order valence-electron chi connectivity index (χ0n) is 12.5. The summed E-state index contributed by atoms with van der Waals surface area (Å²) in [6, 6.07) is 3.76. The predicted octanol–water partition coefficient (Wildman–Crippen LogP) is 1.04. The predicted molar refractivity (Wildman–Crippen MR) is 83.1 cm³/mol. The van der Waals surface area contributed by atoms with Crippen LogP contribution in [0, 0.1) is 16.0 Å². The molecule has 1 atom stereocenters. The van der Waals surface area contributed by atoms with Gasteiger partial charge in [0.05, 0.1) is 9.82 Å². The minimum Gasteiger partial charge on any atom is -0.378 e. The van der Waals surface area contributed by atoms with E-state index in [1.165, 1.54) is 19.2 Å². The first-order valence-electron chi connectivity index (χ1n) is 6.92. The van der Waals surface area contributed by atoms with Crippen LogP contribution in [0.4, 0.5) is 11.4 Å². The van der Waals surface area contributed by atoms with Crippen molar-refractivity contribution in [2.75, 3.05) is 18.9 Å². The van der Waals surface area contributed by atoms with Crippen molar-refractivity contribution in [2.24, 2.45) is 11.7 Å². The maximum Gasteiger partial charge on any atom is 0.293 e. The van der Waals surface area contributed by atoms with Gasteiger partial charge in [-0.2, -0.15) is 0 Å². The molecule has 0 saturated heterocycles. The van der Waals surface area contributed by atoms with Gasteiger partial charge in [0.2, 0.25) is 10.0 Å². The zero-order valence-corrected chi connectivity index (χ0v) is 13.3. The van der Waals surface area contributed by atoms with E-state index in [4.69, 9.17) is 5.73 Å². The van der Waals surface area contributed by atoms with E-state index < -0.39 is 20.5 Å². The van der Waals surface area contributed by atoms with Gasteiger partial charge in [-0.3, -0.25) is 10.1 Å². The standard InChI is InChI=1S/C13H20N4O4S/c1-13(14,9-3-4-9)8-16-11-6-5-10(22(20,21)15-2)7-12(11)17(18)19/h5-7,9,15-16H,3-4,8,14H2,1-2H3/t13-/m1/s1. The molecule has 0 bridgehead atoms. The fraction of sp³-hybridized carbons (Fsp3) is 0.538. The van der Waals surface area contributed by atoms with Crippen LogP contribution < -0.4 is 15.8 Å². The summed E-state index contributed by atoms with van der Waals surface area (Å²) in [5.41, 5.74) is 5.71. The van der Waals surface area contributed by atoms with Crippen LogP contribution >= 0.6 is 0 Å². The molecule has 4 N–H and O–H groups in total. The molecule has 1 aromatic carbocycles. The number of rotatable bonds is 7. The van der Waals surface area contributed by atoms with Gasteiger partial charge < -0.3 is 11.1 Å². The minimum absolute atomic E-state index is 0.148.